The summed E-state index contributed by atoms with van der Waals surface area (Å²) in [5.41, 5.74) is 1.52. The van der Waals surface area contributed by atoms with Gasteiger partial charge >= 0.3 is 0 Å². The van der Waals surface area contributed by atoms with E-state index in [9.17, 15) is 17.6 Å². The minimum Gasteiger partial charge on any atom is -0.306 e. The molecule has 1 amide bonds. The summed E-state index contributed by atoms with van der Waals surface area (Å²) in [4.78, 5) is 17.6. The fraction of sp³-hybridized carbons (Fsp3) is 0.167. The molecule has 2 aromatic heterocycles. The lowest BCUT2D eigenvalue weighted by atomic mass is 10.1. The lowest BCUT2D eigenvalue weighted by Crippen LogP contribution is -2.31. The molecule has 4 rings (SSSR count). The van der Waals surface area contributed by atoms with Crippen molar-refractivity contribution in [3.8, 4) is 11.3 Å². The highest BCUT2D eigenvalue weighted by molar-refractivity contribution is 7.89. The zero-order valence-electron chi connectivity index (χ0n) is 18.2. The van der Waals surface area contributed by atoms with Gasteiger partial charge in [-0.1, -0.05) is 50.2 Å². The van der Waals surface area contributed by atoms with Crippen molar-refractivity contribution in [3.05, 3.63) is 84.3 Å². The molecule has 1 N–H and O–H groups in total. The highest BCUT2D eigenvalue weighted by Gasteiger charge is 2.25. The molecule has 0 spiro atoms. The molecule has 0 aliphatic carbocycles. The van der Waals surface area contributed by atoms with Crippen LogP contribution in [0.15, 0.2) is 77.8 Å². The number of carbonyl (C=O) groups is 1. The smallest absolute Gasteiger partial charge is 0.259 e. The van der Waals surface area contributed by atoms with Gasteiger partial charge in [-0.2, -0.15) is 4.31 Å². The molecule has 4 aromatic rings. The summed E-state index contributed by atoms with van der Waals surface area (Å²) in [6.07, 6.45) is 1.74. The van der Waals surface area contributed by atoms with Gasteiger partial charge in [-0.05, 0) is 30.3 Å². The third-order valence-electron chi connectivity index (χ3n) is 5.33. The van der Waals surface area contributed by atoms with E-state index in [0.717, 1.165) is 17.7 Å². The van der Waals surface area contributed by atoms with Crippen LogP contribution in [0.4, 0.5) is 10.2 Å². The maximum Gasteiger partial charge on any atom is 0.259 e. The quantitative estimate of drug-likeness (QED) is 0.437. The van der Waals surface area contributed by atoms with E-state index in [0.29, 0.717) is 17.2 Å². The van der Waals surface area contributed by atoms with E-state index in [1.165, 1.54) is 10.4 Å². The van der Waals surface area contributed by atoms with Crippen molar-refractivity contribution in [2.45, 2.75) is 18.7 Å². The van der Waals surface area contributed by atoms with Gasteiger partial charge in [0.1, 0.15) is 23.0 Å². The second kappa shape index (κ2) is 9.13. The first-order valence-corrected chi connectivity index (χ1v) is 11.9. The molecule has 2 heterocycles. The van der Waals surface area contributed by atoms with Crippen LogP contribution in [-0.4, -0.2) is 41.1 Å². The molecule has 9 heteroatoms. The van der Waals surface area contributed by atoms with Crippen molar-refractivity contribution in [2.24, 2.45) is 0 Å². The monoisotopic (exact) mass is 466 g/mol. The van der Waals surface area contributed by atoms with Gasteiger partial charge in [0, 0.05) is 24.8 Å². The number of hydrogen-bond donors (Lipinski definition) is 1. The number of halogens is 1. The van der Waals surface area contributed by atoms with Crippen LogP contribution in [0.2, 0.25) is 0 Å². The van der Waals surface area contributed by atoms with Crippen LogP contribution < -0.4 is 5.32 Å². The lowest BCUT2D eigenvalue weighted by Gasteiger charge is -2.19. The van der Waals surface area contributed by atoms with Crippen LogP contribution in [0, 0.1) is 5.82 Å². The van der Waals surface area contributed by atoms with Crippen LogP contribution >= 0.6 is 0 Å². The molecule has 33 heavy (non-hydrogen) atoms. The summed E-state index contributed by atoms with van der Waals surface area (Å²) >= 11 is 0. The van der Waals surface area contributed by atoms with E-state index in [1.54, 1.807) is 36.6 Å². The average molecular weight is 467 g/mol. The van der Waals surface area contributed by atoms with Crippen molar-refractivity contribution >= 4 is 27.4 Å². The van der Waals surface area contributed by atoms with E-state index < -0.39 is 21.7 Å². The molecular weight excluding hydrogens is 443 g/mol. The zero-order chi connectivity index (χ0) is 23.6. The number of imidazole rings is 1. The van der Waals surface area contributed by atoms with Crippen LogP contribution in [0.1, 0.15) is 24.2 Å². The summed E-state index contributed by atoms with van der Waals surface area (Å²) in [7, 11) is -3.85. The number of sulfonamides is 1. The van der Waals surface area contributed by atoms with Gasteiger partial charge in [-0.15, -0.1) is 0 Å². The normalized spacial score (nSPS) is 11.8. The third kappa shape index (κ3) is 4.24. The minimum absolute atomic E-state index is 0.140. The van der Waals surface area contributed by atoms with E-state index in [4.69, 9.17) is 0 Å². The third-order valence-corrected chi connectivity index (χ3v) is 7.38. The number of rotatable bonds is 7. The summed E-state index contributed by atoms with van der Waals surface area (Å²) < 4.78 is 43.3. The highest BCUT2D eigenvalue weighted by atomic mass is 32.2. The number of amides is 1. The predicted molar refractivity (Wildman–Crippen MR) is 125 cm³/mol. The predicted octanol–water partition coefficient (Wildman–Crippen LogP) is 4.42. The van der Waals surface area contributed by atoms with E-state index >= 15 is 0 Å². The van der Waals surface area contributed by atoms with Crippen molar-refractivity contribution in [1.82, 2.24) is 13.7 Å². The number of nitrogens with one attached hydrogen (secondary N) is 1. The Bertz CT molecular complexity index is 1410. The van der Waals surface area contributed by atoms with Gasteiger partial charge in [0.15, 0.2) is 0 Å². The van der Waals surface area contributed by atoms with Crippen LogP contribution in [0.5, 0.6) is 0 Å². The molecule has 0 radical (unpaired) electrons. The van der Waals surface area contributed by atoms with E-state index in [1.807, 2.05) is 36.4 Å². The molecule has 0 saturated carbocycles. The van der Waals surface area contributed by atoms with Crippen molar-refractivity contribution < 1.29 is 17.6 Å². The van der Waals surface area contributed by atoms with Crippen LogP contribution in [0.25, 0.3) is 16.9 Å². The van der Waals surface area contributed by atoms with Crippen molar-refractivity contribution in [2.75, 3.05) is 18.4 Å². The number of pyridine rings is 1. The Labute approximate surface area is 191 Å². The van der Waals surface area contributed by atoms with Crippen molar-refractivity contribution in [3.63, 3.8) is 0 Å². The molecule has 0 aliphatic rings. The number of anilines is 1. The number of fused-ring (bicyclic) bond motifs is 1. The first-order chi connectivity index (χ1) is 15.9. The van der Waals surface area contributed by atoms with Gasteiger partial charge in [0.05, 0.1) is 10.5 Å². The zero-order valence-corrected chi connectivity index (χ0v) is 19.0. The molecule has 0 atom stereocenters. The number of nitrogens with zero attached hydrogens (tertiary/aromatic N) is 3. The summed E-state index contributed by atoms with van der Waals surface area (Å²) in [6.45, 7) is 3.96. The van der Waals surface area contributed by atoms with Gasteiger partial charge in [0.2, 0.25) is 10.0 Å². The number of aromatic nitrogens is 2. The van der Waals surface area contributed by atoms with E-state index in [-0.39, 0.29) is 23.5 Å². The Kier molecular flexibility index (Phi) is 6.26. The maximum atomic E-state index is 14.6. The molecule has 2 aromatic carbocycles. The SMILES string of the molecule is CCN(CC)S(=O)(=O)c1ccc(F)c(C(=O)Nc2c(-c3ccccc3)nc3ccccn23)c1. The maximum absolute atomic E-state index is 14.6. The number of hydrogen-bond acceptors (Lipinski definition) is 4. The molecule has 0 bridgehead atoms. The van der Waals surface area contributed by atoms with Crippen LogP contribution in [0.3, 0.4) is 0 Å². The molecule has 0 fully saturated rings. The number of benzene rings is 2. The fourth-order valence-electron chi connectivity index (χ4n) is 3.64. The molecule has 7 nitrogen and oxygen atoms in total. The first kappa shape index (κ1) is 22.6. The Balaban J connectivity index is 1.77. The highest BCUT2D eigenvalue weighted by Crippen LogP contribution is 2.29. The Morgan fingerprint density at radius 2 is 1.73 bits per heavy atom. The van der Waals surface area contributed by atoms with Crippen molar-refractivity contribution in [1.29, 1.82) is 0 Å². The van der Waals surface area contributed by atoms with Gasteiger partial charge in [-0.25, -0.2) is 17.8 Å². The molecule has 0 unspecified atom stereocenters. The fourth-order valence-corrected chi connectivity index (χ4v) is 5.12. The second-order valence-electron chi connectivity index (χ2n) is 7.29. The van der Waals surface area contributed by atoms with Gasteiger partial charge in [-0.3, -0.25) is 9.20 Å². The van der Waals surface area contributed by atoms with Crippen LogP contribution in [-0.2, 0) is 10.0 Å². The summed E-state index contributed by atoms with van der Waals surface area (Å²) in [5, 5.41) is 2.74. The van der Waals surface area contributed by atoms with Gasteiger partial charge in [0.25, 0.3) is 5.91 Å². The molecular formula is C24H23FN4O3S. The molecule has 0 aliphatic heterocycles. The topological polar surface area (TPSA) is 83.8 Å². The Hall–Kier alpha value is -3.56. The molecule has 170 valence electrons. The summed E-state index contributed by atoms with van der Waals surface area (Å²) in [5.74, 6) is -1.23. The Morgan fingerprint density at radius 1 is 1.03 bits per heavy atom. The Morgan fingerprint density at radius 3 is 2.42 bits per heavy atom. The number of carbonyl (C=O) groups excluding carboxylic acids is 1. The lowest BCUT2D eigenvalue weighted by molar-refractivity contribution is 0.102. The minimum atomic E-state index is -3.85. The summed E-state index contributed by atoms with van der Waals surface area (Å²) in [6, 6.07) is 17.9. The van der Waals surface area contributed by atoms with E-state index in [2.05, 4.69) is 10.3 Å². The second-order valence-corrected chi connectivity index (χ2v) is 9.23. The molecule has 0 saturated heterocycles. The standard InChI is InChI=1S/C24H23FN4O3S/c1-3-28(4-2)33(31,32)18-13-14-20(25)19(16-18)24(30)27-23-22(17-10-6-5-7-11-17)26-21-12-8-9-15-29(21)23/h5-16H,3-4H2,1-2H3,(H,27,30). The largest absolute Gasteiger partial charge is 0.306 e. The van der Waals surface area contributed by atoms with Gasteiger partial charge < -0.3 is 5.32 Å². The average Bonchev–Trinajstić information content (AvgIpc) is 3.18. The first-order valence-electron chi connectivity index (χ1n) is 10.5.